The Hall–Kier alpha value is -2.25. The van der Waals surface area contributed by atoms with Crippen LogP contribution in [-0.2, 0) is 7.05 Å². The van der Waals surface area contributed by atoms with E-state index in [1.165, 1.54) is 10.9 Å². The lowest BCUT2D eigenvalue weighted by Gasteiger charge is -2.21. The van der Waals surface area contributed by atoms with E-state index in [0.717, 1.165) is 41.9 Å². The number of anilines is 1. The first-order valence-corrected chi connectivity index (χ1v) is 9.18. The van der Waals surface area contributed by atoms with Crippen LogP contribution in [-0.4, -0.2) is 29.1 Å². The van der Waals surface area contributed by atoms with Crippen molar-refractivity contribution in [2.75, 3.05) is 18.8 Å². The summed E-state index contributed by atoms with van der Waals surface area (Å²) in [6, 6.07) is 5.36. The number of piperidine rings is 1. The number of aryl methyl sites for hydroxylation is 1. The number of rotatable bonds is 3. The van der Waals surface area contributed by atoms with Crippen LogP contribution in [0.4, 0.5) is 15.1 Å². The molecule has 4 rings (SSSR count). The average molecular weight is 357 g/mol. The average Bonchev–Trinajstić information content (AvgIpc) is 3.16. The van der Waals surface area contributed by atoms with Crippen molar-refractivity contribution in [1.82, 2.24) is 15.1 Å². The zero-order valence-electron chi connectivity index (χ0n) is 14.0. The monoisotopic (exact) mass is 357 g/mol. The molecule has 1 aliphatic heterocycles. The number of halogens is 1. The summed E-state index contributed by atoms with van der Waals surface area (Å²) in [4.78, 5) is 5.74. The molecule has 0 radical (unpaired) electrons. The Morgan fingerprint density at radius 1 is 1.36 bits per heavy atom. The maximum Gasteiger partial charge on any atom is 0.153 e. The molecule has 7 heteroatoms. The smallest absolute Gasteiger partial charge is 0.153 e. The highest BCUT2D eigenvalue weighted by atomic mass is 32.1. The molecule has 0 atom stereocenters. The SMILES string of the molecule is Cn1cc2cc(N=Cc3cc(C4CCNCC4)sc3N)cc(F)c2n1. The normalized spacial score (nSPS) is 16.2. The third kappa shape index (κ3) is 3.29. The topological polar surface area (TPSA) is 68.2 Å². The number of hydrogen-bond donors (Lipinski definition) is 2. The van der Waals surface area contributed by atoms with Crippen LogP contribution in [0.15, 0.2) is 29.4 Å². The Morgan fingerprint density at radius 2 is 2.16 bits per heavy atom. The first kappa shape index (κ1) is 16.2. The molecular weight excluding hydrogens is 337 g/mol. The number of aliphatic imine (C=N–C) groups is 1. The zero-order chi connectivity index (χ0) is 17.4. The fourth-order valence-electron chi connectivity index (χ4n) is 3.26. The summed E-state index contributed by atoms with van der Waals surface area (Å²) in [5.41, 5.74) is 8.00. The number of nitrogen functional groups attached to an aromatic ring is 1. The largest absolute Gasteiger partial charge is 0.390 e. The van der Waals surface area contributed by atoms with Gasteiger partial charge >= 0.3 is 0 Å². The number of nitrogens with one attached hydrogen (secondary N) is 1. The number of hydrogen-bond acceptors (Lipinski definition) is 5. The summed E-state index contributed by atoms with van der Waals surface area (Å²) in [6.07, 6.45) is 5.79. The number of thiophene rings is 1. The molecule has 0 saturated carbocycles. The van der Waals surface area contributed by atoms with Gasteiger partial charge in [0.15, 0.2) is 5.82 Å². The number of benzene rings is 1. The van der Waals surface area contributed by atoms with Crippen LogP contribution in [0.2, 0.25) is 0 Å². The minimum atomic E-state index is -0.362. The van der Waals surface area contributed by atoms with Crippen LogP contribution in [0.3, 0.4) is 0 Å². The second-order valence-electron chi connectivity index (χ2n) is 6.42. The quantitative estimate of drug-likeness (QED) is 0.704. The van der Waals surface area contributed by atoms with Gasteiger partial charge in [0.25, 0.3) is 0 Å². The highest BCUT2D eigenvalue weighted by Gasteiger charge is 2.18. The van der Waals surface area contributed by atoms with E-state index in [0.29, 0.717) is 17.1 Å². The molecule has 0 unspecified atom stereocenters. The molecule has 1 aliphatic rings. The van der Waals surface area contributed by atoms with Crippen LogP contribution in [0.5, 0.6) is 0 Å². The number of fused-ring (bicyclic) bond motifs is 1. The molecule has 25 heavy (non-hydrogen) atoms. The van der Waals surface area contributed by atoms with Crippen molar-refractivity contribution >= 4 is 39.1 Å². The number of nitrogens with zero attached hydrogens (tertiary/aromatic N) is 3. The summed E-state index contributed by atoms with van der Waals surface area (Å²) in [5.74, 6) is 0.207. The molecule has 1 fully saturated rings. The maximum absolute atomic E-state index is 14.1. The van der Waals surface area contributed by atoms with Gasteiger partial charge in [0.1, 0.15) is 5.52 Å². The molecule has 0 aliphatic carbocycles. The van der Waals surface area contributed by atoms with Gasteiger partial charge in [0, 0.05) is 41.4 Å². The molecule has 2 aromatic heterocycles. The van der Waals surface area contributed by atoms with E-state index in [1.54, 1.807) is 35.5 Å². The van der Waals surface area contributed by atoms with Crippen molar-refractivity contribution in [3.05, 3.63) is 40.7 Å². The molecule has 0 spiro atoms. The lowest BCUT2D eigenvalue weighted by molar-refractivity contribution is 0.465. The van der Waals surface area contributed by atoms with Crippen LogP contribution < -0.4 is 11.1 Å². The Bertz CT molecular complexity index is 936. The third-order valence-electron chi connectivity index (χ3n) is 4.57. The molecular formula is C18H20FN5S. The molecule has 1 saturated heterocycles. The van der Waals surface area contributed by atoms with Crippen molar-refractivity contribution < 1.29 is 4.39 Å². The Labute approximate surface area is 149 Å². The zero-order valence-corrected chi connectivity index (χ0v) is 14.8. The first-order valence-electron chi connectivity index (χ1n) is 8.37. The number of nitrogens with two attached hydrogens (primary N) is 1. The first-order chi connectivity index (χ1) is 12.1. The van der Waals surface area contributed by atoms with Crippen molar-refractivity contribution in [2.45, 2.75) is 18.8 Å². The predicted molar refractivity (Wildman–Crippen MR) is 102 cm³/mol. The third-order valence-corrected chi connectivity index (χ3v) is 5.71. The summed E-state index contributed by atoms with van der Waals surface area (Å²) >= 11 is 1.64. The molecule has 0 bridgehead atoms. The van der Waals surface area contributed by atoms with Crippen molar-refractivity contribution in [3.8, 4) is 0 Å². The highest BCUT2D eigenvalue weighted by Crippen LogP contribution is 2.35. The van der Waals surface area contributed by atoms with Crippen LogP contribution in [0.1, 0.15) is 29.2 Å². The predicted octanol–water partition coefficient (Wildman–Crippen LogP) is 3.57. The van der Waals surface area contributed by atoms with Crippen molar-refractivity contribution in [3.63, 3.8) is 0 Å². The minimum absolute atomic E-state index is 0.362. The molecule has 3 aromatic rings. The van der Waals surface area contributed by atoms with Gasteiger partial charge in [-0.05, 0) is 44.0 Å². The van der Waals surface area contributed by atoms with E-state index in [4.69, 9.17) is 5.73 Å². The minimum Gasteiger partial charge on any atom is -0.390 e. The van der Waals surface area contributed by atoms with Gasteiger partial charge in [-0.25, -0.2) is 4.39 Å². The van der Waals surface area contributed by atoms with E-state index in [9.17, 15) is 4.39 Å². The molecule has 1 aromatic carbocycles. The Morgan fingerprint density at radius 3 is 2.96 bits per heavy atom. The highest BCUT2D eigenvalue weighted by molar-refractivity contribution is 7.16. The Kier molecular flexibility index (Phi) is 4.27. The van der Waals surface area contributed by atoms with Gasteiger partial charge in [0.2, 0.25) is 0 Å². The van der Waals surface area contributed by atoms with Gasteiger partial charge in [-0.2, -0.15) is 5.10 Å². The van der Waals surface area contributed by atoms with Gasteiger partial charge in [-0.3, -0.25) is 9.67 Å². The summed E-state index contributed by atoms with van der Waals surface area (Å²) in [7, 11) is 1.77. The Balaban J connectivity index is 1.60. The molecule has 3 N–H and O–H groups in total. The number of aromatic nitrogens is 2. The van der Waals surface area contributed by atoms with E-state index < -0.39 is 0 Å². The second-order valence-corrected chi connectivity index (χ2v) is 7.53. The lowest BCUT2D eigenvalue weighted by Crippen LogP contribution is -2.26. The summed E-state index contributed by atoms with van der Waals surface area (Å²) < 4.78 is 15.7. The van der Waals surface area contributed by atoms with Gasteiger partial charge in [-0.1, -0.05) is 0 Å². The molecule has 5 nitrogen and oxygen atoms in total. The second kappa shape index (κ2) is 6.57. The van der Waals surface area contributed by atoms with E-state index in [1.807, 2.05) is 6.07 Å². The molecule has 130 valence electrons. The van der Waals surface area contributed by atoms with E-state index >= 15 is 0 Å². The van der Waals surface area contributed by atoms with Crippen molar-refractivity contribution in [2.24, 2.45) is 12.0 Å². The van der Waals surface area contributed by atoms with Crippen LogP contribution in [0, 0.1) is 5.82 Å². The van der Waals surface area contributed by atoms with Crippen molar-refractivity contribution in [1.29, 1.82) is 0 Å². The molecule has 3 heterocycles. The van der Waals surface area contributed by atoms with E-state index in [2.05, 4.69) is 21.5 Å². The fourth-order valence-corrected chi connectivity index (χ4v) is 4.34. The maximum atomic E-state index is 14.1. The standard InChI is InChI=1S/C18H20FN5S/c1-24-10-13-6-14(8-15(19)17(13)23-24)22-9-12-7-16(25-18(12)20)11-2-4-21-5-3-11/h6-11,21H,2-5,20H2,1H3. The van der Waals surface area contributed by atoms with Crippen LogP contribution in [0.25, 0.3) is 10.9 Å². The summed E-state index contributed by atoms with van der Waals surface area (Å²) in [5, 5.41) is 8.99. The lowest BCUT2D eigenvalue weighted by atomic mass is 9.96. The molecule has 0 amide bonds. The summed E-state index contributed by atoms with van der Waals surface area (Å²) in [6.45, 7) is 2.10. The van der Waals surface area contributed by atoms with Gasteiger partial charge in [0.05, 0.1) is 10.7 Å². The van der Waals surface area contributed by atoms with Gasteiger partial charge < -0.3 is 11.1 Å². The fraction of sp³-hybridized carbons (Fsp3) is 0.333. The van der Waals surface area contributed by atoms with Crippen LogP contribution >= 0.6 is 11.3 Å². The van der Waals surface area contributed by atoms with E-state index in [-0.39, 0.29) is 5.82 Å². The van der Waals surface area contributed by atoms with Gasteiger partial charge in [-0.15, -0.1) is 11.3 Å².